The first kappa shape index (κ1) is 15.6. The smallest absolute Gasteiger partial charge is 0.154 e. The van der Waals surface area contributed by atoms with E-state index in [1.807, 2.05) is 48.5 Å². The molecule has 0 unspecified atom stereocenters. The van der Waals surface area contributed by atoms with Crippen molar-refractivity contribution < 1.29 is 4.79 Å². The van der Waals surface area contributed by atoms with Crippen LogP contribution in [0, 0.1) is 11.3 Å². The molecule has 0 radical (unpaired) electrons. The van der Waals surface area contributed by atoms with Crippen LogP contribution in [0.5, 0.6) is 0 Å². The molecule has 0 heterocycles. The largest absolute Gasteiger partial charge is 0.298 e. The highest BCUT2D eigenvalue weighted by atomic mass is 35.5. The Hall–Kier alpha value is -1.76. The maximum atomic E-state index is 11.7. The third kappa shape index (κ3) is 4.10. The van der Waals surface area contributed by atoms with Gasteiger partial charge in [-0.25, -0.2) is 0 Å². The van der Waals surface area contributed by atoms with E-state index in [9.17, 15) is 4.79 Å². The zero-order valence-corrected chi connectivity index (χ0v) is 13.1. The normalized spacial score (nSPS) is 11.7. The monoisotopic (exact) mass is 315 g/mol. The molecule has 0 bridgehead atoms. The van der Waals surface area contributed by atoms with Crippen molar-refractivity contribution >= 4 is 29.1 Å². The van der Waals surface area contributed by atoms with Crippen molar-refractivity contribution in [2.45, 2.75) is 29.1 Å². The molecule has 0 saturated heterocycles. The maximum Gasteiger partial charge on any atom is 0.154 e. The molecule has 4 heteroatoms. The predicted molar refractivity (Wildman–Crippen MR) is 85.7 cm³/mol. The quantitative estimate of drug-likeness (QED) is 0.772. The number of halogens is 1. The number of carbonyl (C=O) groups excluding carboxylic acids is 1. The number of hydrogen-bond donors (Lipinski definition) is 0. The third-order valence-corrected chi connectivity index (χ3v) is 4.33. The fourth-order valence-electron chi connectivity index (χ4n) is 1.90. The van der Waals surface area contributed by atoms with Crippen LogP contribution in [-0.2, 0) is 4.79 Å². The number of nitriles is 1. The van der Waals surface area contributed by atoms with Gasteiger partial charge in [0.2, 0.25) is 0 Å². The Bertz CT molecular complexity index is 659. The summed E-state index contributed by atoms with van der Waals surface area (Å²) in [7, 11) is 0. The van der Waals surface area contributed by atoms with Gasteiger partial charge < -0.3 is 0 Å². The van der Waals surface area contributed by atoms with E-state index in [1.54, 1.807) is 18.7 Å². The third-order valence-electron chi connectivity index (χ3n) is 3.06. The summed E-state index contributed by atoms with van der Waals surface area (Å²) in [5, 5.41) is 9.84. The van der Waals surface area contributed by atoms with E-state index < -0.39 is 5.92 Å². The number of rotatable bonds is 5. The number of nitrogens with zero attached hydrogens (tertiary/aromatic N) is 1. The molecule has 0 aliphatic heterocycles. The van der Waals surface area contributed by atoms with Gasteiger partial charge in [0, 0.05) is 21.2 Å². The fraction of sp³-hybridized carbons (Fsp3) is 0.176. The second-order valence-electron chi connectivity index (χ2n) is 4.51. The average Bonchev–Trinajstić information content (AvgIpc) is 2.51. The minimum Gasteiger partial charge on any atom is -0.298 e. The standard InChI is InChI=1S/C17H14ClNOS/c1-2-17(20)16(11-19)12-3-7-14(8-4-12)21-15-9-5-13(18)6-10-15/h3-10,16H,2H2,1H3/t16-/m1/s1. The Balaban J connectivity index is 2.13. The highest BCUT2D eigenvalue weighted by Gasteiger charge is 2.17. The fourth-order valence-corrected chi connectivity index (χ4v) is 2.85. The molecule has 0 N–H and O–H groups in total. The second-order valence-corrected chi connectivity index (χ2v) is 6.09. The van der Waals surface area contributed by atoms with Gasteiger partial charge in [-0.05, 0) is 42.0 Å². The first-order valence-electron chi connectivity index (χ1n) is 6.59. The Morgan fingerprint density at radius 1 is 1.14 bits per heavy atom. The Morgan fingerprint density at radius 2 is 1.67 bits per heavy atom. The maximum absolute atomic E-state index is 11.7. The molecule has 1 atom stereocenters. The molecule has 0 aromatic heterocycles. The summed E-state index contributed by atoms with van der Waals surface area (Å²) in [6, 6.07) is 17.3. The summed E-state index contributed by atoms with van der Waals surface area (Å²) < 4.78 is 0. The number of benzene rings is 2. The molecular formula is C17H14ClNOS. The zero-order valence-electron chi connectivity index (χ0n) is 11.5. The van der Waals surface area contributed by atoms with Crippen LogP contribution < -0.4 is 0 Å². The zero-order chi connectivity index (χ0) is 15.2. The molecule has 2 aromatic rings. The molecule has 0 fully saturated rings. The van der Waals surface area contributed by atoms with E-state index >= 15 is 0 Å². The SMILES string of the molecule is CCC(=O)[C@H](C#N)c1ccc(Sc2ccc(Cl)cc2)cc1. The van der Waals surface area contributed by atoms with Gasteiger partial charge in [-0.15, -0.1) is 0 Å². The van der Waals surface area contributed by atoms with E-state index in [4.69, 9.17) is 16.9 Å². The van der Waals surface area contributed by atoms with E-state index in [1.165, 1.54) is 0 Å². The van der Waals surface area contributed by atoms with Crippen LogP contribution in [0.3, 0.4) is 0 Å². The van der Waals surface area contributed by atoms with Gasteiger partial charge in [-0.1, -0.05) is 42.4 Å². The minimum atomic E-state index is -0.662. The van der Waals surface area contributed by atoms with Crippen LogP contribution in [0.4, 0.5) is 0 Å². The number of hydrogen-bond acceptors (Lipinski definition) is 3. The molecule has 2 rings (SSSR count). The summed E-state index contributed by atoms with van der Waals surface area (Å²) in [5.41, 5.74) is 0.754. The number of ketones is 1. The van der Waals surface area contributed by atoms with E-state index in [2.05, 4.69) is 6.07 Å². The molecule has 0 aliphatic rings. The second kappa shape index (κ2) is 7.31. The van der Waals surface area contributed by atoms with Crippen molar-refractivity contribution in [3.05, 3.63) is 59.1 Å². The molecule has 21 heavy (non-hydrogen) atoms. The summed E-state index contributed by atoms with van der Waals surface area (Å²) in [5.74, 6) is -0.708. The van der Waals surface area contributed by atoms with Crippen molar-refractivity contribution in [3.8, 4) is 6.07 Å². The van der Waals surface area contributed by atoms with Crippen LogP contribution in [0.15, 0.2) is 58.3 Å². The lowest BCUT2D eigenvalue weighted by Gasteiger charge is -2.08. The summed E-state index contributed by atoms with van der Waals surface area (Å²) in [6.45, 7) is 1.78. The van der Waals surface area contributed by atoms with E-state index in [0.717, 1.165) is 15.4 Å². The minimum absolute atomic E-state index is 0.0457. The van der Waals surface area contributed by atoms with Gasteiger partial charge in [0.15, 0.2) is 5.78 Å². The van der Waals surface area contributed by atoms with E-state index in [-0.39, 0.29) is 5.78 Å². The van der Waals surface area contributed by atoms with Crippen LogP contribution >= 0.6 is 23.4 Å². The highest BCUT2D eigenvalue weighted by Crippen LogP contribution is 2.30. The number of carbonyl (C=O) groups is 1. The lowest BCUT2D eigenvalue weighted by atomic mass is 9.95. The van der Waals surface area contributed by atoms with Gasteiger partial charge >= 0.3 is 0 Å². The first-order valence-corrected chi connectivity index (χ1v) is 7.79. The van der Waals surface area contributed by atoms with Gasteiger partial charge in [-0.2, -0.15) is 5.26 Å². The molecule has 2 nitrogen and oxygen atoms in total. The Labute approximate surface area is 133 Å². The first-order chi connectivity index (χ1) is 10.1. The van der Waals surface area contributed by atoms with Gasteiger partial charge in [0.05, 0.1) is 6.07 Å². The van der Waals surface area contributed by atoms with Crippen LogP contribution in [0.25, 0.3) is 0 Å². The molecule has 0 amide bonds. The number of Topliss-reactive ketones (excluding diaryl/α,β-unsaturated/α-hetero) is 1. The van der Waals surface area contributed by atoms with Crippen molar-refractivity contribution in [1.82, 2.24) is 0 Å². The van der Waals surface area contributed by atoms with Gasteiger partial charge in [0.1, 0.15) is 5.92 Å². The average molecular weight is 316 g/mol. The highest BCUT2D eigenvalue weighted by molar-refractivity contribution is 7.99. The van der Waals surface area contributed by atoms with Crippen LogP contribution in [-0.4, -0.2) is 5.78 Å². The molecule has 0 aliphatic carbocycles. The Morgan fingerprint density at radius 3 is 2.14 bits per heavy atom. The van der Waals surface area contributed by atoms with Crippen molar-refractivity contribution in [2.75, 3.05) is 0 Å². The van der Waals surface area contributed by atoms with Crippen molar-refractivity contribution in [1.29, 1.82) is 5.26 Å². The van der Waals surface area contributed by atoms with Crippen molar-refractivity contribution in [3.63, 3.8) is 0 Å². The van der Waals surface area contributed by atoms with Gasteiger partial charge in [-0.3, -0.25) is 4.79 Å². The van der Waals surface area contributed by atoms with E-state index in [0.29, 0.717) is 11.4 Å². The summed E-state index contributed by atoms with van der Waals surface area (Å²) in [6.07, 6.45) is 0.375. The molecule has 0 spiro atoms. The lowest BCUT2D eigenvalue weighted by molar-refractivity contribution is -0.119. The summed E-state index contributed by atoms with van der Waals surface area (Å²) >= 11 is 7.47. The molecule has 106 valence electrons. The topological polar surface area (TPSA) is 40.9 Å². The molecule has 2 aromatic carbocycles. The van der Waals surface area contributed by atoms with Crippen LogP contribution in [0.1, 0.15) is 24.8 Å². The molecular weight excluding hydrogens is 302 g/mol. The lowest BCUT2D eigenvalue weighted by Crippen LogP contribution is -2.08. The van der Waals surface area contributed by atoms with Crippen molar-refractivity contribution in [2.24, 2.45) is 0 Å². The Kier molecular flexibility index (Phi) is 5.44. The molecule has 0 saturated carbocycles. The van der Waals surface area contributed by atoms with Crippen LogP contribution in [0.2, 0.25) is 5.02 Å². The van der Waals surface area contributed by atoms with Gasteiger partial charge in [0.25, 0.3) is 0 Å². The predicted octanol–water partition coefficient (Wildman–Crippen LogP) is 5.08. The summed E-state index contributed by atoms with van der Waals surface area (Å²) in [4.78, 5) is 13.9.